The van der Waals surface area contributed by atoms with Crippen LogP contribution >= 0.6 is 0 Å². The van der Waals surface area contributed by atoms with Crippen molar-refractivity contribution in [2.24, 2.45) is 5.73 Å². The molecule has 1 aromatic carbocycles. The topological polar surface area (TPSA) is 67.5 Å². The fourth-order valence-electron chi connectivity index (χ4n) is 1.69. The molecule has 0 bridgehead atoms. The summed E-state index contributed by atoms with van der Waals surface area (Å²) in [6.07, 6.45) is -0.511. The average molecular weight is 224 g/mol. The Kier molecular flexibility index (Phi) is 4.58. The molecular formula is C12H20N2O2. The fourth-order valence-corrected chi connectivity index (χ4v) is 1.69. The van der Waals surface area contributed by atoms with Crippen LogP contribution in [-0.4, -0.2) is 31.4 Å². The van der Waals surface area contributed by atoms with Gasteiger partial charge in [-0.15, -0.1) is 0 Å². The van der Waals surface area contributed by atoms with Gasteiger partial charge in [0.15, 0.2) is 0 Å². The van der Waals surface area contributed by atoms with Crippen LogP contribution in [0, 0.1) is 13.8 Å². The SMILES string of the molecule is COc1c(C)cc(NCC(O)CN)cc1C. The van der Waals surface area contributed by atoms with Gasteiger partial charge >= 0.3 is 0 Å². The second kappa shape index (κ2) is 5.72. The van der Waals surface area contributed by atoms with Crippen molar-refractivity contribution in [1.29, 1.82) is 0 Å². The first-order chi connectivity index (χ1) is 7.58. The number of aliphatic hydroxyl groups excluding tert-OH is 1. The minimum absolute atomic E-state index is 0.265. The van der Waals surface area contributed by atoms with E-state index in [1.807, 2.05) is 26.0 Å². The van der Waals surface area contributed by atoms with Crippen molar-refractivity contribution in [2.45, 2.75) is 20.0 Å². The molecule has 0 saturated carbocycles. The summed E-state index contributed by atoms with van der Waals surface area (Å²) in [5.41, 5.74) is 8.46. The molecule has 4 N–H and O–H groups in total. The van der Waals surface area contributed by atoms with Crippen LogP contribution in [-0.2, 0) is 0 Å². The normalized spacial score (nSPS) is 12.3. The van der Waals surface area contributed by atoms with Crippen LogP contribution in [0.1, 0.15) is 11.1 Å². The van der Waals surface area contributed by atoms with Gasteiger partial charge in [-0.3, -0.25) is 0 Å². The Morgan fingerprint density at radius 3 is 2.38 bits per heavy atom. The predicted molar refractivity (Wildman–Crippen MR) is 66.0 cm³/mol. The minimum Gasteiger partial charge on any atom is -0.496 e. The Hall–Kier alpha value is -1.26. The van der Waals surface area contributed by atoms with E-state index >= 15 is 0 Å². The third-order valence-corrected chi connectivity index (χ3v) is 2.48. The smallest absolute Gasteiger partial charge is 0.124 e. The van der Waals surface area contributed by atoms with E-state index in [2.05, 4.69) is 5.32 Å². The van der Waals surface area contributed by atoms with Crippen LogP contribution in [0.15, 0.2) is 12.1 Å². The molecule has 0 aliphatic carbocycles. The highest BCUT2D eigenvalue weighted by Crippen LogP contribution is 2.26. The van der Waals surface area contributed by atoms with Crippen LogP contribution in [0.2, 0.25) is 0 Å². The number of methoxy groups -OCH3 is 1. The molecule has 0 spiro atoms. The maximum absolute atomic E-state index is 9.35. The number of nitrogens with one attached hydrogen (secondary N) is 1. The van der Waals surface area contributed by atoms with Crippen molar-refractivity contribution < 1.29 is 9.84 Å². The molecule has 0 heterocycles. The monoisotopic (exact) mass is 224 g/mol. The van der Waals surface area contributed by atoms with Crippen molar-refractivity contribution in [1.82, 2.24) is 0 Å². The zero-order valence-corrected chi connectivity index (χ0v) is 10.1. The second-order valence-electron chi connectivity index (χ2n) is 3.91. The van der Waals surface area contributed by atoms with Gasteiger partial charge in [0.2, 0.25) is 0 Å². The highest BCUT2D eigenvalue weighted by molar-refractivity contribution is 5.55. The minimum atomic E-state index is -0.511. The molecule has 4 heteroatoms. The van der Waals surface area contributed by atoms with Crippen molar-refractivity contribution in [3.63, 3.8) is 0 Å². The van der Waals surface area contributed by atoms with Crippen LogP contribution < -0.4 is 15.8 Å². The number of hydrogen-bond donors (Lipinski definition) is 3. The molecule has 0 fully saturated rings. The molecule has 0 amide bonds. The van der Waals surface area contributed by atoms with E-state index in [1.54, 1.807) is 7.11 Å². The van der Waals surface area contributed by atoms with Gasteiger partial charge < -0.3 is 20.9 Å². The summed E-state index contributed by atoms with van der Waals surface area (Å²) in [5, 5.41) is 12.5. The number of aliphatic hydroxyl groups is 1. The molecule has 16 heavy (non-hydrogen) atoms. The van der Waals surface area contributed by atoms with Gasteiger partial charge in [-0.2, -0.15) is 0 Å². The van der Waals surface area contributed by atoms with E-state index in [9.17, 15) is 5.11 Å². The molecule has 0 radical (unpaired) electrons. The first-order valence-electron chi connectivity index (χ1n) is 5.35. The summed E-state index contributed by atoms with van der Waals surface area (Å²) in [5.74, 6) is 0.907. The van der Waals surface area contributed by atoms with Crippen molar-refractivity contribution in [3.8, 4) is 5.75 Å². The molecular weight excluding hydrogens is 204 g/mol. The summed E-state index contributed by atoms with van der Waals surface area (Å²) < 4.78 is 5.28. The summed E-state index contributed by atoms with van der Waals surface area (Å²) in [4.78, 5) is 0. The number of rotatable bonds is 5. The van der Waals surface area contributed by atoms with Crippen molar-refractivity contribution >= 4 is 5.69 Å². The molecule has 1 aromatic rings. The number of aryl methyl sites for hydroxylation is 2. The maximum Gasteiger partial charge on any atom is 0.124 e. The lowest BCUT2D eigenvalue weighted by atomic mass is 10.1. The lowest BCUT2D eigenvalue weighted by Crippen LogP contribution is -2.27. The maximum atomic E-state index is 9.35. The first kappa shape index (κ1) is 12.8. The highest BCUT2D eigenvalue weighted by atomic mass is 16.5. The molecule has 0 aromatic heterocycles. The number of hydrogen-bond acceptors (Lipinski definition) is 4. The van der Waals surface area contributed by atoms with Crippen LogP contribution in [0.4, 0.5) is 5.69 Å². The average Bonchev–Trinajstić information content (AvgIpc) is 2.25. The Balaban J connectivity index is 2.76. The lowest BCUT2D eigenvalue weighted by molar-refractivity contribution is 0.196. The molecule has 0 aliphatic heterocycles. The van der Waals surface area contributed by atoms with Crippen LogP contribution in [0.5, 0.6) is 5.75 Å². The Morgan fingerprint density at radius 1 is 1.38 bits per heavy atom. The number of anilines is 1. The number of nitrogens with two attached hydrogens (primary N) is 1. The van der Waals surface area contributed by atoms with Gasteiger partial charge in [-0.05, 0) is 37.1 Å². The molecule has 90 valence electrons. The van der Waals surface area contributed by atoms with Crippen LogP contribution in [0.25, 0.3) is 0 Å². The quantitative estimate of drug-likeness (QED) is 0.699. The van der Waals surface area contributed by atoms with Gasteiger partial charge in [0.25, 0.3) is 0 Å². The van der Waals surface area contributed by atoms with Gasteiger partial charge in [0.05, 0.1) is 13.2 Å². The highest BCUT2D eigenvalue weighted by Gasteiger charge is 2.06. The number of benzene rings is 1. The molecule has 0 aliphatic rings. The standard InChI is InChI=1S/C12H20N2O2/c1-8-4-10(14-7-11(15)6-13)5-9(2)12(8)16-3/h4-5,11,14-15H,6-7,13H2,1-3H3. The van der Waals surface area contributed by atoms with E-state index in [-0.39, 0.29) is 6.54 Å². The molecule has 0 saturated heterocycles. The van der Waals surface area contributed by atoms with E-state index in [0.717, 1.165) is 22.6 Å². The van der Waals surface area contributed by atoms with E-state index in [0.29, 0.717) is 6.54 Å². The van der Waals surface area contributed by atoms with E-state index < -0.39 is 6.10 Å². The first-order valence-corrected chi connectivity index (χ1v) is 5.35. The molecule has 1 atom stereocenters. The number of ether oxygens (including phenoxy) is 1. The summed E-state index contributed by atoms with van der Waals surface area (Å²) in [7, 11) is 1.67. The summed E-state index contributed by atoms with van der Waals surface area (Å²) in [6, 6.07) is 3.99. The molecule has 1 unspecified atom stereocenters. The van der Waals surface area contributed by atoms with Crippen LogP contribution in [0.3, 0.4) is 0 Å². The Labute approximate surface area is 96.4 Å². The largest absolute Gasteiger partial charge is 0.496 e. The summed E-state index contributed by atoms with van der Waals surface area (Å²) >= 11 is 0. The Morgan fingerprint density at radius 2 is 1.94 bits per heavy atom. The zero-order chi connectivity index (χ0) is 12.1. The third-order valence-electron chi connectivity index (χ3n) is 2.48. The van der Waals surface area contributed by atoms with Gasteiger partial charge in [0, 0.05) is 18.8 Å². The zero-order valence-electron chi connectivity index (χ0n) is 10.1. The van der Waals surface area contributed by atoms with E-state index in [1.165, 1.54) is 0 Å². The van der Waals surface area contributed by atoms with Gasteiger partial charge in [-0.25, -0.2) is 0 Å². The summed E-state index contributed by atoms with van der Waals surface area (Å²) in [6.45, 7) is 4.72. The molecule has 4 nitrogen and oxygen atoms in total. The second-order valence-corrected chi connectivity index (χ2v) is 3.91. The predicted octanol–water partition coefficient (Wildman–Crippen LogP) is 1.04. The van der Waals surface area contributed by atoms with Gasteiger partial charge in [-0.1, -0.05) is 0 Å². The molecule has 1 rings (SSSR count). The van der Waals surface area contributed by atoms with E-state index in [4.69, 9.17) is 10.5 Å². The third kappa shape index (κ3) is 3.12. The van der Waals surface area contributed by atoms with Gasteiger partial charge in [0.1, 0.15) is 5.75 Å². The van der Waals surface area contributed by atoms with Crippen molar-refractivity contribution in [2.75, 3.05) is 25.5 Å². The van der Waals surface area contributed by atoms with Crippen molar-refractivity contribution in [3.05, 3.63) is 23.3 Å². The fraction of sp³-hybridized carbons (Fsp3) is 0.500. The Bertz CT molecular complexity index is 330. The lowest BCUT2D eigenvalue weighted by Gasteiger charge is -2.14.